The van der Waals surface area contributed by atoms with Crippen molar-refractivity contribution in [2.75, 3.05) is 0 Å². The molecule has 3 heteroatoms. The first kappa shape index (κ1) is 30.0. The van der Waals surface area contributed by atoms with Gasteiger partial charge in [0.25, 0.3) is 0 Å². The monoisotopic (exact) mass is 690 g/mol. The molecule has 2 aromatic heterocycles. The number of hydrogen-bond donors (Lipinski definition) is 0. The van der Waals surface area contributed by atoms with E-state index in [4.69, 9.17) is 9.97 Å². The molecule has 0 N–H and O–H groups in total. The third-order valence-electron chi connectivity index (χ3n) is 10.7. The van der Waals surface area contributed by atoms with Crippen molar-refractivity contribution in [3.63, 3.8) is 0 Å². The average Bonchev–Trinajstić information content (AvgIpc) is 3.78. The van der Waals surface area contributed by atoms with E-state index in [1.54, 1.807) is 0 Å². The molecule has 2 heterocycles. The minimum Gasteiger partial charge on any atom is -0.228 e. The molecule has 2 nitrogen and oxygen atoms in total. The fourth-order valence-electron chi connectivity index (χ4n) is 8.18. The van der Waals surface area contributed by atoms with Gasteiger partial charge in [-0.2, -0.15) is 0 Å². The minimum absolute atomic E-state index is 0.735. The Labute approximate surface area is 311 Å². The summed E-state index contributed by atoms with van der Waals surface area (Å²) in [7, 11) is 0. The van der Waals surface area contributed by atoms with Gasteiger partial charge in [0.05, 0.1) is 11.4 Å². The van der Waals surface area contributed by atoms with Crippen LogP contribution in [-0.2, 0) is 0 Å². The van der Waals surface area contributed by atoms with E-state index in [0.29, 0.717) is 0 Å². The van der Waals surface area contributed by atoms with Crippen LogP contribution in [0.1, 0.15) is 0 Å². The van der Waals surface area contributed by atoms with E-state index in [1.165, 1.54) is 75.5 Å². The molecule has 0 spiro atoms. The third kappa shape index (κ3) is 4.86. The minimum atomic E-state index is 0.735. The molecule has 246 valence electrons. The summed E-state index contributed by atoms with van der Waals surface area (Å²) < 4.78 is 2.48. The molecule has 0 fully saturated rings. The van der Waals surface area contributed by atoms with Crippen molar-refractivity contribution in [1.29, 1.82) is 0 Å². The summed E-state index contributed by atoms with van der Waals surface area (Å²) in [4.78, 5) is 10.4. The van der Waals surface area contributed by atoms with Gasteiger partial charge >= 0.3 is 0 Å². The first-order valence-corrected chi connectivity index (χ1v) is 18.8. The summed E-state index contributed by atoms with van der Waals surface area (Å²) in [5.74, 6) is 0.735. The van der Waals surface area contributed by atoms with Crippen molar-refractivity contribution in [2.24, 2.45) is 0 Å². The predicted octanol–water partition coefficient (Wildman–Crippen LogP) is 14.0. The van der Waals surface area contributed by atoms with E-state index in [-0.39, 0.29) is 0 Å². The summed E-state index contributed by atoms with van der Waals surface area (Å²) in [6.07, 6.45) is 0. The molecule has 1 aliphatic carbocycles. The molecule has 0 radical (unpaired) electrons. The van der Waals surface area contributed by atoms with Crippen LogP contribution in [0.25, 0.3) is 109 Å². The van der Waals surface area contributed by atoms with Crippen LogP contribution in [0.3, 0.4) is 0 Å². The van der Waals surface area contributed by atoms with Crippen LogP contribution >= 0.6 is 11.3 Å². The van der Waals surface area contributed by atoms with Crippen molar-refractivity contribution in [1.82, 2.24) is 9.97 Å². The lowest BCUT2D eigenvalue weighted by Gasteiger charge is -2.11. The molecule has 10 aromatic rings. The molecule has 1 aliphatic rings. The Bertz CT molecular complexity index is 2950. The zero-order valence-corrected chi connectivity index (χ0v) is 29.4. The van der Waals surface area contributed by atoms with Crippen LogP contribution in [0, 0.1) is 0 Å². The zero-order valence-electron chi connectivity index (χ0n) is 28.6. The topological polar surface area (TPSA) is 25.8 Å². The van der Waals surface area contributed by atoms with E-state index in [1.807, 2.05) is 23.5 Å². The van der Waals surface area contributed by atoms with Crippen molar-refractivity contribution in [2.45, 2.75) is 0 Å². The first-order valence-electron chi connectivity index (χ1n) is 18.0. The van der Waals surface area contributed by atoms with E-state index in [9.17, 15) is 0 Å². The van der Waals surface area contributed by atoms with E-state index >= 15 is 0 Å². The standard InChI is InChI=1S/C50H30N2S/c1-3-11-33(12-4-1)44-30-45(34-13-5-2-6-14-34)52-50(51-44)42-19-10-20-47-49(42)43-29-35(25-28-46(43)53-47)31-21-23-32(24-22-31)36-26-27-41-38-16-8-7-15-37(38)40-18-9-17-39(36)48(40)41/h1-30H. The van der Waals surface area contributed by atoms with Crippen LogP contribution in [0.15, 0.2) is 182 Å². The molecule has 0 saturated heterocycles. The van der Waals surface area contributed by atoms with Gasteiger partial charge in [-0.05, 0) is 79.5 Å². The quantitative estimate of drug-likeness (QED) is 0.180. The molecular formula is C50H30N2S. The number of thiophene rings is 1. The second-order valence-corrected chi connectivity index (χ2v) is 14.8. The zero-order chi connectivity index (χ0) is 34.9. The van der Waals surface area contributed by atoms with Crippen molar-refractivity contribution in [3.05, 3.63) is 182 Å². The first-order chi connectivity index (χ1) is 26.3. The van der Waals surface area contributed by atoms with E-state index < -0.39 is 0 Å². The number of rotatable bonds is 5. The second-order valence-electron chi connectivity index (χ2n) is 13.7. The van der Waals surface area contributed by atoms with Crippen LogP contribution < -0.4 is 0 Å². The third-order valence-corrected chi connectivity index (χ3v) is 11.8. The van der Waals surface area contributed by atoms with E-state index in [0.717, 1.165) is 33.9 Å². The number of hydrogen-bond acceptors (Lipinski definition) is 3. The Kier molecular flexibility index (Phi) is 6.76. The largest absolute Gasteiger partial charge is 0.228 e. The Balaban J connectivity index is 1.02. The molecule has 8 aromatic carbocycles. The highest BCUT2D eigenvalue weighted by atomic mass is 32.1. The lowest BCUT2D eigenvalue weighted by Crippen LogP contribution is -1.96. The van der Waals surface area contributed by atoms with Gasteiger partial charge in [0.2, 0.25) is 0 Å². The van der Waals surface area contributed by atoms with Gasteiger partial charge in [-0.1, -0.05) is 158 Å². The van der Waals surface area contributed by atoms with Crippen LogP contribution in [0.5, 0.6) is 0 Å². The van der Waals surface area contributed by atoms with Gasteiger partial charge < -0.3 is 0 Å². The van der Waals surface area contributed by atoms with Crippen molar-refractivity contribution in [3.8, 4) is 78.4 Å². The highest BCUT2D eigenvalue weighted by Crippen LogP contribution is 2.49. The van der Waals surface area contributed by atoms with Crippen molar-refractivity contribution < 1.29 is 0 Å². The predicted molar refractivity (Wildman–Crippen MR) is 224 cm³/mol. The Morgan fingerprint density at radius 3 is 1.58 bits per heavy atom. The lowest BCUT2D eigenvalue weighted by atomic mass is 9.93. The molecule has 0 atom stereocenters. The maximum Gasteiger partial charge on any atom is 0.161 e. The van der Waals surface area contributed by atoms with Crippen LogP contribution in [0.2, 0.25) is 0 Å². The average molecular weight is 691 g/mol. The Morgan fingerprint density at radius 1 is 0.302 bits per heavy atom. The highest BCUT2D eigenvalue weighted by molar-refractivity contribution is 7.26. The normalized spacial score (nSPS) is 11.8. The molecule has 53 heavy (non-hydrogen) atoms. The molecule has 0 saturated carbocycles. The smallest absolute Gasteiger partial charge is 0.161 e. The second kappa shape index (κ2) is 11.9. The Hall–Kier alpha value is -6.68. The Morgan fingerprint density at radius 2 is 0.868 bits per heavy atom. The number of benzene rings is 8. The van der Waals surface area contributed by atoms with Gasteiger partial charge in [0, 0.05) is 36.9 Å². The van der Waals surface area contributed by atoms with Crippen LogP contribution in [0.4, 0.5) is 0 Å². The summed E-state index contributed by atoms with van der Waals surface area (Å²) in [6, 6.07) is 65.4. The van der Waals surface area contributed by atoms with Gasteiger partial charge in [0.15, 0.2) is 5.82 Å². The number of aromatic nitrogens is 2. The molecule has 0 bridgehead atoms. The van der Waals surface area contributed by atoms with Gasteiger partial charge in [0.1, 0.15) is 0 Å². The SMILES string of the molecule is c1ccc(-c2cc(-c3ccccc3)nc(-c3cccc4sc5ccc(-c6ccc(-c7ccc8c9c(cccc79)-c7ccccc7-8)cc6)cc5c34)n2)cc1. The summed E-state index contributed by atoms with van der Waals surface area (Å²) in [6.45, 7) is 0. The number of nitrogens with zero attached hydrogens (tertiary/aromatic N) is 2. The molecule has 0 amide bonds. The molecule has 0 aliphatic heterocycles. The molecule has 11 rings (SSSR count). The molecular weight excluding hydrogens is 661 g/mol. The highest BCUT2D eigenvalue weighted by Gasteiger charge is 2.22. The van der Waals surface area contributed by atoms with Gasteiger partial charge in [-0.25, -0.2) is 9.97 Å². The van der Waals surface area contributed by atoms with Crippen LogP contribution in [-0.4, -0.2) is 9.97 Å². The van der Waals surface area contributed by atoms with Crippen molar-refractivity contribution >= 4 is 42.3 Å². The van der Waals surface area contributed by atoms with Gasteiger partial charge in [-0.3, -0.25) is 0 Å². The fraction of sp³-hybridized carbons (Fsp3) is 0. The summed E-state index contributed by atoms with van der Waals surface area (Å²) in [5, 5.41) is 5.08. The maximum absolute atomic E-state index is 5.20. The van der Waals surface area contributed by atoms with E-state index in [2.05, 4.69) is 170 Å². The fourth-order valence-corrected chi connectivity index (χ4v) is 9.29. The maximum atomic E-state index is 5.20. The molecule has 0 unspecified atom stereocenters. The summed E-state index contributed by atoms with van der Waals surface area (Å²) >= 11 is 1.82. The lowest BCUT2D eigenvalue weighted by molar-refractivity contribution is 1.19. The summed E-state index contributed by atoms with van der Waals surface area (Å²) in [5.41, 5.74) is 15.2. The number of fused-ring (bicyclic) bond motifs is 6. The van der Waals surface area contributed by atoms with Gasteiger partial charge in [-0.15, -0.1) is 11.3 Å².